The molecule has 9 heteroatoms. The van der Waals surface area contributed by atoms with Crippen molar-refractivity contribution in [3.63, 3.8) is 0 Å². The third kappa shape index (κ3) is 4.80. The average molecular weight is 573 g/mol. The van der Waals surface area contributed by atoms with Gasteiger partial charge in [-0.1, -0.05) is 54.6 Å². The molecule has 0 saturated carbocycles. The molecule has 8 nitrogen and oxygen atoms in total. The van der Waals surface area contributed by atoms with Crippen LogP contribution in [0, 0.1) is 0 Å². The molecule has 3 aromatic rings. The van der Waals surface area contributed by atoms with Crippen LogP contribution in [0.3, 0.4) is 0 Å². The summed E-state index contributed by atoms with van der Waals surface area (Å²) in [4.78, 5) is 34.0. The minimum absolute atomic E-state index is 0.0326. The highest BCUT2D eigenvalue weighted by molar-refractivity contribution is 5.94. The number of carboxylic acid groups (broad SMARTS) is 1. The van der Waals surface area contributed by atoms with Gasteiger partial charge in [-0.3, -0.25) is 4.79 Å². The fourth-order valence-electron chi connectivity index (χ4n) is 6.95. The lowest BCUT2D eigenvalue weighted by Gasteiger charge is -2.43. The summed E-state index contributed by atoms with van der Waals surface area (Å²) in [5.41, 5.74) is 0.567. The van der Waals surface area contributed by atoms with Crippen LogP contribution in [0.15, 0.2) is 78.9 Å². The number of fused-ring (bicyclic) bond motifs is 1. The van der Waals surface area contributed by atoms with Gasteiger partial charge in [0.25, 0.3) is 0 Å². The summed E-state index contributed by atoms with van der Waals surface area (Å²) in [5, 5.41) is 20.4. The van der Waals surface area contributed by atoms with Crippen LogP contribution in [-0.2, 0) is 17.0 Å². The van der Waals surface area contributed by atoms with Crippen molar-refractivity contribution in [1.82, 2.24) is 9.80 Å². The number of aliphatic hydroxyl groups excluding tert-OH is 1. The highest BCUT2D eigenvalue weighted by Gasteiger charge is 2.54. The molecular formula is C33H37FN4O4. The number of anilines is 2. The lowest BCUT2D eigenvalue weighted by molar-refractivity contribution is -0.134. The first-order valence-electron chi connectivity index (χ1n) is 14.6. The standard InChI is InChI=1S/C33H37FN4O4/c1-32(34)27-14-7-8-15-28(27)37(30(32)41)19-9-18-35-20-16-33(17-21-35)31(42)36(23-38(33)25-11-3-2-4-12-25)22-24-10-5-6-13-26(24)29(39)40/h2-8,10-15,30,41H,9,16-23H2,1H3,(H,39,40). The molecule has 0 radical (unpaired) electrons. The minimum atomic E-state index is -1.81. The molecular weight excluding hydrogens is 535 g/mol. The van der Waals surface area contributed by atoms with Crippen molar-refractivity contribution in [3.8, 4) is 0 Å². The fraction of sp³-hybridized carbons (Fsp3) is 0.394. The Morgan fingerprint density at radius 2 is 1.62 bits per heavy atom. The number of piperidine rings is 1. The highest BCUT2D eigenvalue weighted by atomic mass is 19.1. The van der Waals surface area contributed by atoms with Crippen LogP contribution in [-0.4, -0.2) is 76.5 Å². The van der Waals surface area contributed by atoms with E-state index in [1.54, 1.807) is 46.2 Å². The van der Waals surface area contributed by atoms with E-state index in [0.29, 0.717) is 37.2 Å². The van der Waals surface area contributed by atoms with Gasteiger partial charge >= 0.3 is 5.97 Å². The number of hydrogen-bond donors (Lipinski definition) is 2. The number of aliphatic hydroxyl groups is 1. The number of nitrogens with zero attached hydrogens (tertiary/aromatic N) is 4. The van der Waals surface area contributed by atoms with Gasteiger partial charge in [0, 0.05) is 43.1 Å². The SMILES string of the molecule is CC1(F)c2ccccc2N(CCCN2CCC3(CC2)C(=O)N(Cc2ccccc2C(=O)O)CN3c2ccccc2)C1O. The zero-order valence-electron chi connectivity index (χ0n) is 23.8. The molecule has 1 amide bonds. The van der Waals surface area contributed by atoms with Crippen molar-refractivity contribution in [1.29, 1.82) is 0 Å². The molecule has 3 aliphatic rings. The summed E-state index contributed by atoms with van der Waals surface area (Å²) in [6.45, 7) is 4.84. The summed E-state index contributed by atoms with van der Waals surface area (Å²) in [6.07, 6.45) is 0.834. The van der Waals surface area contributed by atoms with E-state index in [-0.39, 0.29) is 18.0 Å². The van der Waals surface area contributed by atoms with Gasteiger partial charge in [0.2, 0.25) is 5.91 Å². The molecule has 220 valence electrons. The fourth-order valence-corrected chi connectivity index (χ4v) is 6.95. The van der Waals surface area contributed by atoms with Crippen LogP contribution < -0.4 is 9.80 Å². The topological polar surface area (TPSA) is 87.6 Å². The van der Waals surface area contributed by atoms with Crippen molar-refractivity contribution in [2.24, 2.45) is 0 Å². The van der Waals surface area contributed by atoms with E-state index in [9.17, 15) is 19.8 Å². The number of halogens is 1. The Kier molecular flexibility index (Phi) is 7.41. The number of alkyl halides is 1. The Hall–Kier alpha value is -3.95. The van der Waals surface area contributed by atoms with Gasteiger partial charge in [-0.05, 0) is 62.6 Å². The number of hydrogen-bond acceptors (Lipinski definition) is 6. The van der Waals surface area contributed by atoms with Crippen LogP contribution in [0.5, 0.6) is 0 Å². The summed E-state index contributed by atoms with van der Waals surface area (Å²) < 4.78 is 15.3. The Morgan fingerprint density at radius 1 is 0.952 bits per heavy atom. The Labute approximate surface area is 245 Å². The van der Waals surface area contributed by atoms with Gasteiger partial charge in [-0.15, -0.1) is 0 Å². The molecule has 2 saturated heterocycles. The highest BCUT2D eigenvalue weighted by Crippen LogP contribution is 2.45. The van der Waals surface area contributed by atoms with Gasteiger partial charge in [-0.25, -0.2) is 9.18 Å². The maximum absolute atomic E-state index is 15.3. The summed E-state index contributed by atoms with van der Waals surface area (Å²) >= 11 is 0. The summed E-state index contributed by atoms with van der Waals surface area (Å²) in [7, 11) is 0. The van der Waals surface area contributed by atoms with E-state index in [1.165, 1.54) is 6.92 Å². The first-order chi connectivity index (χ1) is 20.2. The predicted molar refractivity (Wildman–Crippen MR) is 159 cm³/mol. The predicted octanol–water partition coefficient (Wildman–Crippen LogP) is 4.44. The van der Waals surface area contributed by atoms with E-state index >= 15 is 4.39 Å². The average Bonchev–Trinajstić information content (AvgIpc) is 3.37. The first-order valence-corrected chi connectivity index (χ1v) is 14.6. The zero-order valence-corrected chi connectivity index (χ0v) is 23.8. The van der Waals surface area contributed by atoms with Gasteiger partial charge in [0.05, 0.1) is 12.2 Å². The van der Waals surface area contributed by atoms with Gasteiger partial charge in [-0.2, -0.15) is 0 Å². The molecule has 0 aliphatic carbocycles. The summed E-state index contributed by atoms with van der Waals surface area (Å²) in [6, 6.07) is 24.1. The number of carbonyl (C=O) groups excluding carboxylic acids is 1. The molecule has 1 spiro atoms. The van der Waals surface area contributed by atoms with Crippen molar-refractivity contribution in [2.75, 3.05) is 42.6 Å². The van der Waals surface area contributed by atoms with Gasteiger partial charge in [0.1, 0.15) is 5.54 Å². The van der Waals surface area contributed by atoms with Crippen molar-refractivity contribution >= 4 is 23.3 Å². The van der Waals surface area contributed by atoms with Crippen LogP contribution >= 0.6 is 0 Å². The molecule has 3 aliphatic heterocycles. The number of likely N-dealkylation sites (tertiary alicyclic amines) is 1. The minimum Gasteiger partial charge on any atom is -0.478 e. The number of benzene rings is 3. The number of carboxylic acids is 1. The molecule has 3 aromatic carbocycles. The van der Waals surface area contributed by atoms with Crippen LogP contribution in [0.1, 0.15) is 47.7 Å². The van der Waals surface area contributed by atoms with E-state index in [4.69, 9.17) is 0 Å². The van der Waals surface area contributed by atoms with Crippen LogP contribution in [0.25, 0.3) is 0 Å². The second kappa shape index (κ2) is 11.0. The Bertz CT molecular complexity index is 1460. The molecule has 2 fully saturated rings. The van der Waals surface area contributed by atoms with Crippen LogP contribution in [0.2, 0.25) is 0 Å². The number of aromatic carboxylic acids is 1. The smallest absolute Gasteiger partial charge is 0.336 e. The summed E-state index contributed by atoms with van der Waals surface area (Å²) in [5.74, 6) is -0.966. The number of amides is 1. The van der Waals surface area contributed by atoms with E-state index in [0.717, 1.165) is 37.4 Å². The molecule has 42 heavy (non-hydrogen) atoms. The third-order valence-corrected chi connectivity index (χ3v) is 9.27. The lowest BCUT2D eigenvalue weighted by Crippen LogP contribution is -2.56. The number of carbonyl (C=O) groups is 2. The lowest BCUT2D eigenvalue weighted by atomic mass is 9.85. The molecule has 2 atom stereocenters. The molecule has 6 rings (SSSR count). The van der Waals surface area contributed by atoms with Crippen molar-refractivity contribution in [2.45, 2.75) is 50.2 Å². The molecule has 2 unspecified atom stereocenters. The van der Waals surface area contributed by atoms with Gasteiger partial charge in [0.15, 0.2) is 11.9 Å². The largest absolute Gasteiger partial charge is 0.478 e. The third-order valence-electron chi connectivity index (χ3n) is 9.27. The monoisotopic (exact) mass is 572 g/mol. The van der Waals surface area contributed by atoms with Crippen molar-refractivity contribution < 1.29 is 24.2 Å². The maximum Gasteiger partial charge on any atom is 0.336 e. The zero-order chi connectivity index (χ0) is 29.5. The Balaban J connectivity index is 1.14. The van der Waals surface area contributed by atoms with Crippen molar-refractivity contribution in [3.05, 3.63) is 95.6 Å². The molecule has 0 bridgehead atoms. The second-order valence-corrected chi connectivity index (χ2v) is 11.8. The number of rotatable bonds is 8. The Morgan fingerprint density at radius 3 is 2.36 bits per heavy atom. The molecule has 2 N–H and O–H groups in total. The van der Waals surface area contributed by atoms with Crippen LogP contribution in [0.4, 0.5) is 15.8 Å². The quantitative estimate of drug-likeness (QED) is 0.413. The van der Waals surface area contributed by atoms with E-state index in [2.05, 4.69) is 9.80 Å². The first kappa shape index (κ1) is 28.2. The maximum atomic E-state index is 15.3. The van der Waals surface area contributed by atoms with E-state index < -0.39 is 23.4 Å². The molecule has 0 aromatic heterocycles. The van der Waals surface area contributed by atoms with E-state index in [1.807, 2.05) is 42.5 Å². The second-order valence-electron chi connectivity index (χ2n) is 11.8. The number of para-hydroxylation sites is 2. The normalized spacial score (nSPS) is 23.5. The molecule has 3 heterocycles. The van der Waals surface area contributed by atoms with Gasteiger partial charge < -0.3 is 29.8 Å².